The van der Waals surface area contributed by atoms with Gasteiger partial charge in [-0.25, -0.2) is 0 Å². The van der Waals surface area contributed by atoms with Crippen LogP contribution in [-0.4, -0.2) is 76.6 Å². The molecule has 1 N–H and O–H groups in total. The highest BCUT2D eigenvalue weighted by molar-refractivity contribution is 7.80. The van der Waals surface area contributed by atoms with Gasteiger partial charge in [0, 0.05) is 57.4 Å². The monoisotopic (exact) mass is 441 g/mol. The number of nitrogens with zero attached hydrogens (tertiary/aromatic N) is 4. The van der Waals surface area contributed by atoms with Crippen molar-refractivity contribution in [3.05, 3.63) is 54.1 Å². The fraction of sp³-hybridized carbons (Fsp3) is 0.565. The molecule has 5 rings (SSSR count). The van der Waals surface area contributed by atoms with E-state index in [1.807, 2.05) is 18.3 Å². The molecule has 8 heteroatoms. The maximum absolute atomic E-state index is 5.92. The number of morpholine rings is 1. The van der Waals surface area contributed by atoms with Gasteiger partial charge in [0.1, 0.15) is 0 Å². The van der Waals surface area contributed by atoms with Crippen LogP contribution in [0.4, 0.5) is 0 Å². The van der Waals surface area contributed by atoms with Gasteiger partial charge in [-0.1, -0.05) is 6.07 Å². The number of aromatic nitrogens is 2. The van der Waals surface area contributed by atoms with Crippen molar-refractivity contribution in [1.29, 1.82) is 0 Å². The van der Waals surface area contributed by atoms with Crippen molar-refractivity contribution in [1.82, 2.24) is 24.7 Å². The molecular formula is C23H31N5O2S. The molecule has 0 aromatic carbocycles. The zero-order valence-corrected chi connectivity index (χ0v) is 18.7. The first-order valence-electron chi connectivity index (χ1n) is 11.3. The Bertz CT molecular complexity index is 864. The summed E-state index contributed by atoms with van der Waals surface area (Å²) < 4.78 is 13.8. The van der Waals surface area contributed by atoms with E-state index in [0.717, 1.165) is 76.2 Å². The van der Waals surface area contributed by atoms with E-state index in [4.69, 9.17) is 21.7 Å². The van der Waals surface area contributed by atoms with E-state index in [9.17, 15) is 0 Å². The number of hydrogen-bond acceptors (Lipinski definition) is 5. The molecule has 0 saturated carbocycles. The minimum atomic E-state index is 0.0246. The minimum absolute atomic E-state index is 0.0246. The lowest BCUT2D eigenvalue weighted by atomic mass is 10.0. The summed E-state index contributed by atoms with van der Waals surface area (Å²) in [5.41, 5.74) is 2.29. The van der Waals surface area contributed by atoms with Crippen molar-refractivity contribution in [3.8, 4) is 0 Å². The first-order chi connectivity index (χ1) is 15.3. The number of pyridine rings is 1. The Labute approximate surface area is 189 Å². The van der Waals surface area contributed by atoms with E-state index >= 15 is 0 Å². The fourth-order valence-electron chi connectivity index (χ4n) is 4.91. The van der Waals surface area contributed by atoms with E-state index in [-0.39, 0.29) is 12.1 Å². The normalized spacial score (nSPS) is 27.0. The van der Waals surface area contributed by atoms with E-state index in [2.05, 4.69) is 49.1 Å². The molecule has 3 saturated heterocycles. The Morgan fingerprint density at radius 2 is 2.00 bits per heavy atom. The van der Waals surface area contributed by atoms with Crippen LogP contribution in [0.15, 0.2) is 42.7 Å². The van der Waals surface area contributed by atoms with Gasteiger partial charge in [-0.05, 0) is 49.3 Å². The molecule has 5 heterocycles. The maximum Gasteiger partial charge on any atom is 0.170 e. The summed E-state index contributed by atoms with van der Waals surface area (Å²) in [4.78, 5) is 9.48. The number of nitrogens with one attached hydrogen (secondary N) is 1. The molecule has 7 nitrogen and oxygen atoms in total. The largest absolute Gasteiger partial charge is 0.379 e. The second-order valence-electron chi connectivity index (χ2n) is 8.49. The minimum Gasteiger partial charge on any atom is -0.379 e. The van der Waals surface area contributed by atoms with E-state index in [1.54, 1.807) is 0 Å². The molecule has 0 bridgehead atoms. The molecule has 0 aliphatic carbocycles. The molecule has 0 spiro atoms. The maximum atomic E-state index is 5.92. The molecule has 3 aliphatic heterocycles. The summed E-state index contributed by atoms with van der Waals surface area (Å²) >= 11 is 5.83. The van der Waals surface area contributed by atoms with Crippen molar-refractivity contribution < 1.29 is 9.47 Å². The third kappa shape index (κ3) is 4.62. The number of ether oxygens (including phenoxy) is 2. The molecule has 3 fully saturated rings. The average molecular weight is 442 g/mol. The Kier molecular flexibility index (Phi) is 6.50. The van der Waals surface area contributed by atoms with Gasteiger partial charge in [0.25, 0.3) is 0 Å². The van der Waals surface area contributed by atoms with Crippen LogP contribution in [0.2, 0.25) is 0 Å². The van der Waals surface area contributed by atoms with Gasteiger partial charge < -0.3 is 24.3 Å². The molecule has 0 radical (unpaired) electrons. The molecular weight excluding hydrogens is 410 g/mol. The Hall–Kier alpha value is -2.00. The van der Waals surface area contributed by atoms with Gasteiger partial charge in [0.15, 0.2) is 5.11 Å². The van der Waals surface area contributed by atoms with E-state index in [1.165, 1.54) is 5.69 Å². The van der Waals surface area contributed by atoms with Crippen LogP contribution < -0.4 is 5.32 Å². The number of hydrogen-bond donors (Lipinski definition) is 1. The quantitative estimate of drug-likeness (QED) is 0.662. The molecule has 0 amide bonds. The van der Waals surface area contributed by atoms with Crippen LogP contribution in [0.3, 0.4) is 0 Å². The van der Waals surface area contributed by atoms with Gasteiger partial charge >= 0.3 is 0 Å². The summed E-state index contributed by atoms with van der Waals surface area (Å²) in [5, 5.41) is 4.38. The summed E-state index contributed by atoms with van der Waals surface area (Å²) in [6, 6.07) is 10.6. The van der Waals surface area contributed by atoms with Crippen LogP contribution in [0, 0.1) is 0 Å². The number of thiocarbonyl (C=S) groups is 1. The molecule has 2 aromatic rings. The Morgan fingerprint density at radius 1 is 1.10 bits per heavy atom. The molecule has 0 unspecified atom stereocenters. The van der Waals surface area contributed by atoms with Crippen LogP contribution in [-0.2, 0) is 16.0 Å². The van der Waals surface area contributed by atoms with E-state index < -0.39 is 0 Å². The average Bonchev–Trinajstić information content (AvgIpc) is 3.55. The molecule has 166 valence electrons. The summed E-state index contributed by atoms with van der Waals surface area (Å²) in [5.74, 6) is 0. The molecule has 3 aliphatic rings. The van der Waals surface area contributed by atoms with Crippen LogP contribution in [0.5, 0.6) is 0 Å². The fourth-order valence-corrected chi connectivity index (χ4v) is 5.24. The summed E-state index contributed by atoms with van der Waals surface area (Å²) in [7, 11) is 0. The van der Waals surface area contributed by atoms with Gasteiger partial charge in [-0.15, -0.1) is 0 Å². The van der Waals surface area contributed by atoms with Gasteiger partial charge in [-0.3, -0.25) is 9.88 Å². The number of rotatable bonds is 7. The van der Waals surface area contributed by atoms with Gasteiger partial charge in [0.2, 0.25) is 0 Å². The highest BCUT2D eigenvalue weighted by Gasteiger charge is 2.41. The van der Waals surface area contributed by atoms with Crippen molar-refractivity contribution in [3.63, 3.8) is 0 Å². The van der Waals surface area contributed by atoms with E-state index in [0.29, 0.717) is 6.10 Å². The second kappa shape index (κ2) is 9.65. The van der Waals surface area contributed by atoms with Crippen molar-refractivity contribution >= 4 is 17.3 Å². The molecule has 2 aromatic heterocycles. The topological polar surface area (TPSA) is 54.8 Å². The third-order valence-corrected chi connectivity index (χ3v) is 6.90. The van der Waals surface area contributed by atoms with Gasteiger partial charge in [0.05, 0.1) is 37.1 Å². The standard InChI is InChI=1S/C23H31N5O2S/c31-23-25-21(19-6-1-2-8-24-19)22(28(23)11-10-26-12-15-29-16-13-26)20-7-3-9-27(20)17-18-5-4-14-30-18/h1-3,6-9,18,21-22H,4-5,10-17H2,(H,25,31)/t18-,21+,22-/m0/s1. The lowest BCUT2D eigenvalue weighted by Crippen LogP contribution is -2.43. The van der Waals surface area contributed by atoms with Crippen LogP contribution in [0.25, 0.3) is 0 Å². The molecule has 3 atom stereocenters. The van der Waals surface area contributed by atoms with Crippen LogP contribution >= 0.6 is 12.2 Å². The zero-order chi connectivity index (χ0) is 21.0. The highest BCUT2D eigenvalue weighted by Crippen LogP contribution is 2.38. The highest BCUT2D eigenvalue weighted by atomic mass is 32.1. The lowest BCUT2D eigenvalue weighted by molar-refractivity contribution is 0.0349. The van der Waals surface area contributed by atoms with Crippen molar-refractivity contribution in [2.75, 3.05) is 46.0 Å². The SMILES string of the molecule is S=C1N[C@H](c2ccccn2)[C@H](c2cccn2C[C@@H]2CCCO2)N1CCN1CCOCC1. The van der Waals surface area contributed by atoms with Crippen molar-refractivity contribution in [2.24, 2.45) is 0 Å². The predicted molar refractivity (Wildman–Crippen MR) is 123 cm³/mol. The summed E-state index contributed by atoms with van der Waals surface area (Å²) in [6.45, 7) is 7.21. The molecule has 31 heavy (non-hydrogen) atoms. The Balaban J connectivity index is 1.41. The Morgan fingerprint density at radius 3 is 2.77 bits per heavy atom. The first kappa shape index (κ1) is 20.9. The lowest BCUT2D eigenvalue weighted by Gasteiger charge is -2.32. The van der Waals surface area contributed by atoms with Crippen molar-refractivity contribution in [2.45, 2.75) is 37.6 Å². The predicted octanol–water partition coefficient (Wildman–Crippen LogP) is 2.37. The smallest absolute Gasteiger partial charge is 0.170 e. The second-order valence-corrected chi connectivity index (χ2v) is 8.88. The summed E-state index contributed by atoms with van der Waals surface area (Å²) in [6.07, 6.45) is 6.61. The van der Waals surface area contributed by atoms with Gasteiger partial charge in [-0.2, -0.15) is 0 Å². The zero-order valence-electron chi connectivity index (χ0n) is 17.9. The first-order valence-corrected chi connectivity index (χ1v) is 11.8. The van der Waals surface area contributed by atoms with Crippen LogP contribution in [0.1, 0.15) is 36.3 Å². The third-order valence-electron chi connectivity index (χ3n) is 6.55.